The first kappa shape index (κ1) is 11.8. The average Bonchev–Trinajstić information content (AvgIpc) is 2.95. The highest BCUT2D eigenvalue weighted by molar-refractivity contribution is 6.09. The van der Waals surface area contributed by atoms with E-state index in [1.165, 1.54) is 0 Å². The lowest BCUT2D eigenvalue weighted by Crippen LogP contribution is -2.00. The van der Waals surface area contributed by atoms with E-state index in [0.717, 1.165) is 33.8 Å². The lowest BCUT2D eigenvalue weighted by atomic mass is 9.96. The Morgan fingerprint density at radius 3 is 2.32 bits per heavy atom. The standard InChI is InChI=1S/C17H14O2/c1-17(2,3)7-6-11-8-13-14(9-12(11)10-18)16-5-4-15(13)19-16/h4-5,8-10H,1-3H3. The number of fused-ring (bicyclic) bond motifs is 5. The van der Waals surface area contributed by atoms with E-state index in [1.807, 2.05) is 45.0 Å². The quantitative estimate of drug-likeness (QED) is 0.478. The van der Waals surface area contributed by atoms with Crippen molar-refractivity contribution in [3.05, 3.63) is 35.4 Å². The smallest absolute Gasteiger partial charge is 0.151 e. The van der Waals surface area contributed by atoms with Gasteiger partial charge in [0.15, 0.2) is 6.29 Å². The van der Waals surface area contributed by atoms with Crippen LogP contribution >= 0.6 is 0 Å². The minimum absolute atomic E-state index is 0.0868. The molecular formula is C17H14O2. The summed E-state index contributed by atoms with van der Waals surface area (Å²) < 4.78 is 5.60. The minimum atomic E-state index is -0.0868. The fourth-order valence-corrected chi connectivity index (χ4v) is 2.11. The first-order valence-electron chi connectivity index (χ1n) is 6.25. The highest BCUT2D eigenvalue weighted by Crippen LogP contribution is 2.33. The molecule has 2 nitrogen and oxygen atoms in total. The minimum Gasteiger partial charge on any atom is -0.456 e. The highest BCUT2D eigenvalue weighted by Gasteiger charge is 2.12. The molecule has 0 saturated heterocycles. The molecule has 0 aliphatic heterocycles. The third-order valence-corrected chi connectivity index (χ3v) is 3.03. The second-order valence-corrected chi connectivity index (χ2v) is 5.77. The molecular weight excluding hydrogens is 236 g/mol. The van der Waals surface area contributed by atoms with Gasteiger partial charge in [-0.15, -0.1) is 0 Å². The van der Waals surface area contributed by atoms with E-state index < -0.39 is 0 Å². The number of carbonyl (C=O) groups is 1. The molecule has 0 N–H and O–H groups in total. The monoisotopic (exact) mass is 250 g/mol. The zero-order valence-electron chi connectivity index (χ0n) is 11.2. The Morgan fingerprint density at radius 1 is 1.11 bits per heavy atom. The lowest BCUT2D eigenvalue weighted by molar-refractivity contribution is 0.112. The number of benzene rings is 2. The van der Waals surface area contributed by atoms with E-state index in [1.54, 1.807) is 0 Å². The molecule has 1 aromatic carbocycles. The van der Waals surface area contributed by atoms with Gasteiger partial charge in [0.25, 0.3) is 0 Å². The summed E-state index contributed by atoms with van der Waals surface area (Å²) >= 11 is 0. The molecule has 3 aromatic rings. The maximum absolute atomic E-state index is 11.2. The van der Waals surface area contributed by atoms with E-state index in [0.29, 0.717) is 5.56 Å². The third kappa shape index (κ3) is 1.98. The molecule has 0 amide bonds. The molecule has 2 heteroatoms. The van der Waals surface area contributed by atoms with Gasteiger partial charge in [0, 0.05) is 27.3 Å². The molecule has 0 spiro atoms. The Hall–Kier alpha value is -2.27. The van der Waals surface area contributed by atoms with Crippen LogP contribution in [0, 0.1) is 17.3 Å². The van der Waals surface area contributed by atoms with Gasteiger partial charge in [-0.2, -0.15) is 0 Å². The first-order valence-corrected chi connectivity index (χ1v) is 6.25. The van der Waals surface area contributed by atoms with Gasteiger partial charge in [-0.05, 0) is 45.0 Å². The summed E-state index contributed by atoms with van der Waals surface area (Å²) in [7, 11) is 0. The predicted molar refractivity (Wildman–Crippen MR) is 76.6 cm³/mol. The summed E-state index contributed by atoms with van der Waals surface area (Å²) in [5, 5.41) is 2.02. The van der Waals surface area contributed by atoms with Crippen LogP contribution in [0.1, 0.15) is 36.7 Å². The number of furan rings is 2. The van der Waals surface area contributed by atoms with E-state index in [4.69, 9.17) is 4.42 Å². The van der Waals surface area contributed by atoms with Crippen molar-refractivity contribution in [2.45, 2.75) is 20.8 Å². The second kappa shape index (κ2) is 3.86. The van der Waals surface area contributed by atoms with Crippen LogP contribution in [0.15, 0.2) is 28.7 Å². The molecule has 0 unspecified atom stereocenters. The largest absolute Gasteiger partial charge is 0.456 e. The van der Waals surface area contributed by atoms with E-state index in [-0.39, 0.29) is 5.41 Å². The molecule has 0 saturated carbocycles. The van der Waals surface area contributed by atoms with Crippen molar-refractivity contribution in [1.29, 1.82) is 0 Å². The molecule has 2 bridgehead atoms. The number of rotatable bonds is 1. The van der Waals surface area contributed by atoms with Gasteiger partial charge < -0.3 is 4.42 Å². The Bertz CT molecular complexity index is 820. The maximum Gasteiger partial charge on any atom is 0.151 e. The highest BCUT2D eigenvalue weighted by atomic mass is 16.3. The molecule has 0 atom stereocenters. The molecule has 2 aromatic heterocycles. The molecule has 0 aliphatic carbocycles. The van der Waals surface area contributed by atoms with E-state index >= 15 is 0 Å². The zero-order valence-corrected chi connectivity index (χ0v) is 11.2. The summed E-state index contributed by atoms with van der Waals surface area (Å²) in [5.41, 5.74) is 2.97. The topological polar surface area (TPSA) is 30.2 Å². The fraction of sp³-hybridized carbons (Fsp3) is 0.235. The van der Waals surface area contributed by atoms with Crippen molar-refractivity contribution in [3.8, 4) is 11.8 Å². The van der Waals surface area contributed by atoms with Gasteiger partial charge in [0.2, 0.25) is 0 Å². The van der Waals surface area contributed by atoms with Crippen molar-refractivity contribution >= 4 is 28.2 Å². The van der Waals surface area contributed by atoms with Crippen LogP contribution in [0.4, 0.5) is 0 Å². The normalized spacial score (nSPS) is 11.7. The Labute approximate surface area is 111 Å². The molecule has 3 rings (SSSR count). The van der Waals surface area contributed by atoms with Gasteiger partial charge in [-0.3, -0.25) is 4.79 Å². The van der Waals surface area contributed by atoms with Gasteiger partial charge in [0.05, 0.1) is 0 Å². The van der Waals surface area contributed by atoms with Gasteiger partial charge >= 0.3 is 0 Å². The summed E-state index contributed by atoms with van der Waals surface area (Å²) in [5.74, 6) is 6.27. The summed E-state index contributed by atoms with van der Waals surface area (Å²) in [6, 6.07) is 7.68. The van der Waals surface area contributed by atoms with Crippen LogP contribution in [-0.2, 0) is 0 Å². The molecule has 0 fully saturated rings. The van der Waals surface area contributed by atoms with E-state index in [2.05, 4.69) is 11.8 Å². The fourth-order valence-electron chi connectivity index (χ4n) is 2.11. The maximum atomic E-state index is 11.2. The number of hydrogen-bond acceptors (Lipinski definition) is 2. The zero-order chi connectivity index (χ0) is 13.6. The van der Waals surface area contributed by atoms with Crippen molar-refractivity contribution in [3.63, 3.8) is 0 Å². The van der Waals surface area contributed by atoms with E-state index in [9.17, 15) is 4.79 Å². The molecule has 2 heterocycles. The summed E-state index contributed by atoms with van der Waals surface area (Å²) in [4.78, 5) is 11.2. The van der Waals surface area contributed by atoms with Gasteiger partial charge in [-0.1, -0.05) is 11.8 Å². The second-order valence-electron chi connectivity index (χ2n) is 5.77. The first-order chi connectivity index (χ1) is 8.98. The Kier molecular flexibility index (Phi) is 2.40. The summed E-state index contributed by atoms with van der Waals surface area (Å²) in [6.45, 7) is 6.14. The average molecular weight is 250 g/mol. The molecule has 19 heavy (non-hydrogen) atoms. The molecule has 0 aliphatic rings. The molecule has 94 valence electrons. The van der Waals surface area contributed by atoms with Crippen molar-refractivity contribution in [2.24, 2.45) is 5.41 Å². The van der Waals surface area contributed by atoms with Crippen LogP contribution in [0.5, 0.6) is 0 Å². The number of carbonyl (C=O) groups excluding carboxylic acids is 1. The molecule has 0 radical (unpaired) electrons. The van der Waals surface area contributed by atoms with Gasteiger partial charge in [0.1, 0.15) is 11.2 Å². The third-order valence-electron chi connectivity index (χ3n) is 3.03. The van der Waals surface area contributed by atoms with Crippen molar-refractivity contribution < 1.29 is 9.21 Å². The Balaban J connectivity index is 2.25. The van der Waals surface area contributed by atoms with Gasteiger partial charge in [-0.25, -0.2) is 0 Å². The summed E-state index contributed by atoms with van der Waals surface area (Å²) in [6.07, 6.45) is 0.855. The van der Waals surface area contributed by atoms with Crippen molar-refractivity contribution in [2.75, 3.05) is 0 Å². The SMILES string of the molecule is CC(C)(C)C#Cc1cc2c3ccc(o3)c2cc1C=O. The Morgan fingerprint density at radius 2 is 1.74 bits per heavy atom. The van der Waals surface area contributed by atoms with Crippen LogP contribution in [0.3, 0.4) is 0 Å². The van der Waals surface area contributed by atoms with Crippen LogP contribution in [0.25, 0.3) is 21.9 Å². The van der Waals surface area contributed by atoms with Crippen LogP contribution in [0.2, 0.25) is 0 Å². The number of hydrogen-bond donors (Lipinski definition) is 0. The predicted octanol–water partition coefficient (Wildman–Crippen LogP) is 4.23. The number of aldehydes is 1. The van der Waals surface area contributed by atoms with Crippen LogP contribution < -0.4 is 0 Å². The van der Waals surface area contributed by atoms with Crippen molar-refractivity contribution in [1.82, 2.24) is 0 Å². The lowest BCUT2D eigenvalue weighted by Gasteiger charge is -2.07. The van der Waals surface area contributed by atoms with Crippen LogP contribution in [-0.4, -0.2) is 6.29 Å².